The first-order chi connectivity index (χ1) is 5.84. The van der Waals surface area contributed by atoms with Crippen LogP contribution in [-0.4, -0.2) is 9.97 Å². The molecule has 0 aliphatic heterocycles. The van der Waals surface area contributed by atoms with Crippen molar-refractivity contribution in [2.45, 2.75) is 13.3 Å². The van der Waals surface area contributed by atoms with Crippen molar-refractivity contribution in [1.82, 2.24) is 9.97 Å². The van der Waals surface area contributed by atoms with Gasteiger partial charge in [0.05, 0.1) is 0 Å². The summed E-state index contributed by atoms with van der Waals surface area (Å²) in [6.07, 6.45) is 7.05. The van der Waals surface area contributed by atoms with Crippen LogP contribution in [0.15, 0.2) is 30.7 Å². The maximum atomic E-state index is 3.17. The molecule has 2 N–H and O–H groups in total. The highest BCUT2D eigenvalue weighted by Gasteiger charge is 1.97. The molecule has 0 atom stereocenters. The van der Waals surface area contributed by atoms with Crippen LogP contribution in [0.2, 0.25) is 0 Å². The van der Waals surface area contributed by atoms with Gasteiger partial charge in [0.25, 0.3) is 0 Å². The highest BCUT2D eigenvalue weighted by atomic mass is 14.7. The van der Waals surface area contributed by atoms with Crippen LogP contribution in [0.25, 0.3) is 0 Å². The molecule has 2 aromatic heterocycles. The number of aryl methyl sites for hydroxylation is 1. The number of hydrogen-bond donors (Lipinski definition) is 2. The number of aromatic nitrogens is 2. The maximum Gasteiger partial charge on any atom is 0.0118 e. The van der Waals surface area contributed by atoms with Gasteiger partial charge in [0.2, 0.25) is 0 Å². The van der Waals surface area contributed by atoms with E-state index in [1.165, 1.54) is 16.8 Å². The van der Waals surface area contributed by atoms with Crippen molar-refractivity contribution in [2.24, 2.45) is 0 Å². The lowest BCUT2D eigenvalue weighted by Gasteiger charge is -1.90. The molecule has 2 aromatic rings. The van der Waals surface area contributed by atoms with Crippen LogP contribution < -0.4 is 0 Å². The van der Waals surface area contributed by atoms with E-state index in [0.29, 0.717) is 0 Å². The first-order valence-electron chi connectivity index (χ1n) is 4.10. The normalized spacial score (nSPS) is 10.4. The largest absolute Gasteiger partial charge is 0.367 e. The number of nitrogens with one attached hydrogen (secondary N) is 2. The lowest BCUT2D eigenvalue weighted by Crippen LogP contribution is -1.80. The van der Waals surface area contributed by atoms with Crippen LogP contribution in [-0.2, 0) is 6.42 Å². The molecule has 2 rings (SSSR count). The second-order valence-corrected chi connectivity index (χ2v) is 3.09. The molecule has 0 spiro atoms. The minimum absolute atomic E-state index is 1.01. The summed E-state index contributed by atoms with van der Waals surface area (Å²) in [7, 11) is 0. The lowest BCUT2D eigenvalue weighted by molar-refractivity contribution is 1.20. The summed E-state index contributed by atoms with van der Waals surface area (Å²) in [6.45, 7) is 2.07. The first kappa shape index (κ1) is 7.22. The third kappa shape index (κ3) is 1.42. The molecule has 2 heteroatoms. The molecular formula is C10H12N2. The Bertz CT molecular complexity index is 344. The summed E-state index contributed by atoms with van der Waals surface area (Å²) in [4.78, 5) is 6.22. The third-order valence-corrected chi connectivity index (χ3v) is 1.96. The molecule has 62 valence electrons. The van der Waals surface area contributed by atoms with Crippen molar-refractivity contribution in [1.29, 1.82) is 0 Å². The maximum absolute atomic E-state index is 3.17. The Labute approximate surface area is 71.6 Å². The lowest BCUT2D eigenvalue weighted by atomic mass is 10.1. The van der Waals surface area contributed by atoms with Gasteiger partial charge in [0.1, 0.15) is 0 Å². The van der Waals surface area contributed by atoms with Crippen molar-refractivity contribution in [2.75, 3.05) is 0 Å². The molecule has 0 radical (unpaired) electrons. The van der Waals surface area contributed by atoms with Gasteiger partial charge in [0.15, 0.2) is 0 Å². The van der Waals surface area contributed by atoms with Crippen molar-refractivity contribution in [3.8, 4) is 0 Å². The molecule has 2 heterocycles. The van der Waals surface area contributed by atoms with Crippen molar-refractivity contribution in [3.63, 3.8) is 0 Å². The summed E-state index contributed by atoms with van der Waals surface area (Å²) in [5.74, 6) is 0. The monoisotopic (exact) mass is 160 g/mol. The summed E-state index contributed by atoms with van der Waals surface area (Å²) in [5, 5.41) is 0. The predicted molar refractivity (Wildman–Crippen MR) is 49.1 cm³/mol. The van der Waals surface area contributed by atoms with E-state index in [-0.39, 0.29) is 0 Å². The topological polar surface area (TPSA) is 31.6 Å². The standard InChI is InChI=1S/C10H12N2/c1-8-4-10(7-12-8)5-9-2-3-11-6-9/h2-4,6-7,11-12H,5H2,1H3. The van der Waals surface area contributed by atoms with Gasteiger partial charge in [-0.05, 0) is 30.2 Å². The predicted octanol–water partition coefficient (Wildman–Crippen LogP) is 2.24. The zero-order chi connectivity index (χ0) is 8.39. The van der Waals surface area contributed by atoms with Gasteiger partial charge in [-0.15, -0.1) is 0 Å². The van der Waals surface area contributed by atoms with E-state index in [1.807, 2.05) is 12.4 Å². The number of H-pyrrole nitrogens is 2. The Morgan fingerprint density at radius 3 is 2.75 bits per heavy atom. The molecule has 0 aliphatic carbocycles. The van der Waals surface area contributed by atoms with E-state index in [9.17, 15) is 0 Å². The van der Waals surface area contributed by atoms with Crippen LogP contribution in [0.3, 0.4) is 0 Å². The average Bonchev–Trinajstić information content (AvgIpc) is 2.63. The molecule has 12 heavy (non-hydrogen) atoms. The van der Waals surface area contributed by atoms with E-state index < -0.39 is 0 Å². The second-order valence-electron chi connectivity index (χ2n) is 3.09. The molecule has 0 aliphatic rings. The minimum Gasteiger partial charge on any atom is -0.367 e. The highest BCUT2D eigenvalue weighted by Crippen LogP contribution is 2.09. The second kappa shape index (κ2) is 2.89. The Balaban J connectivity index is 2.14. The van der Waals surface area contributed by atoms with Gasteiger partial charge in [-0.3, -0.25) is 0 Å². The van der Waals surface area contributed by atoms with E-state index in [2.05, 4.69) is 35.2 Å². The van der Waals surface area contributed by atoms with Crippen LogP contribution in [0.5, 0.6) is 0 Å². The summed E-state index contributed by atoms with van der Waals surface area (Å²) >= 11 is 0. The van der Waals surface area contributed by atoms with E-state index in [0.717, 1.165) is 6.42 Å². The Morgan fingerprint density at radius 1 is 1.25 bits per heavy atom. The van der Waals surface area contributed by atoms with Crippen LogP contribution >= 0.6 is 0 Å². The zero-order valence-corrected chi connectivity index (χ0v) is 7.09. The van der Waals surface area contributed by atoms with E-state index in [1.54, 1.807) is 0 Å². The zero-order valence-electron chi connectivity index (χ0n) is 7.09. The van der Waals surface area contributed by atoms with Gasteiger partial charge in [0, 0.05) is 30.7 Å². The van der Waals surface area contributed by atoms with Crippen LogP contribution in [0, 0.1) is 6.92 Å². The Hall–Kier alpha value is -1.44. The Morgan fingerprint density at radius 2 is 2.17 bits per heavy atom. The number of aromatic amines is 2. The molecule has 0 saturated carbocycles. The van der Waals surface area contributed by atoms with Gasteiger partial charge < -0.3 is 9.97 Å². The molecule has 0 bridgehead atoms. The average molecular weight is 160 g/mol. The fraction of sp³-hybridized carbons (Fsp3) is 0.200. The third-order valence-electron chi connectivity index (χ3n) is 1.96. The fourth-order valence-corrected chi connectivity index (χ4v) is 1.37. The SMILES string of the molecule is Cc1cc(Cc2cc[nH]c2)c[nH]1. The molecule has 0 amide bonds. The quantitative estimate of drug-likeness (QED) is 0.675. The minimum atomic E-state index is 1.01. The van der Waals surface area contributed by atoms with Crippen molar-refractivity contribution < 1.29 is 0 Å². The van der Waals surface area contributed by atoms with Gasteiger partial charge in [-0.25, -0.2) is 0 Å². The summed E-state index contributed by atoms with van der Waals surface area (Å²) in [6, 6.07) is 4.27. The van der Waals surface area contributed by atoms with E-state index in [4.69, 9.17) is 0 Å². The number of rotatable bonds is 2. The summed E-state index contributed by atoms with van der Waals surface area (Å²) < 4.78 is 0. The van der Waals surface area contributed by atoms with Crippen molar-refractivity contribution >= 4 is 0 Å². The summed E-state index contributed by atoms with van der Waals surface area (Å²) in [5.41, 5.74) is 3.89. The van der Waals surface area contributed by atoms with Gasteiger partial charge in [-0.2, -0.15) is 0 Å². The first-order valence-corrected chi connectivity index (χ1v) is 4.10. The highest BCUT2D eigenvalue weighted by molar-refractivity contribution is 5.23. The molecule has 2 nitrogen and oxygen atoms in total. The van der Waals surface area contributed by atoms with E-state index >= 15 is 0 Å². The van der Waals surface area contributed by atoms with Crippen LogP contribution in [0.1, 0.15) is 16.8 Å². The fourth-order valence-electron chi connectivity index (χ4n) is 1.37. The van der Waals surface area contributed by atoms with Crippen molar-refractivity contribution in [3.05, 3.63) is 47.5 Å². The van der Waals surface area contributed by atoms with Gasteiger partial charge in [-0.1, -0.05) is 0 Å². The molecule has 0 saturated heterocycles. The molecule has 0 fully saturated rings. The number of hydrogen-bond acceptors (Lipinski definition) is 0. The van der Waals surface area contributed by atoms with Crippen LogP contribution in [0.4, 0.5) is 0 Å². The van der Waals surface area contributed by atoms with Gasteiger partial charge >= 0.3 is 0 Å². The smallest absolute Gasteiger partial charge is 0.0118 e. The molecule has 0 unspecified atom stereocenters. The molecular weight excluding hydrogens is 148 g/mol. The Kier molecular flexibility index (Phi) is 1.74. The molecule has 0 aromatic carbocycles.